The molecule has 0 spiro atoms. The third-order valence-electron chi connectivity index (χ3n) is 0.832. The summed E-state index contributed by atoms with van der Waals surface area (Å²) < 4.78 is 0.354. The molecule has 0 aliphatic carbocycles. The lowest BCUT2D eigenvalue weighted by atomic mass is 10.4. The number of hydrogen-bond acceptors (Lipinski definition) is 3. The fourth-order valence-corrected chi connectivity index (χ4v) is 0.427. The molecule has 4 nitrogen and oxygen atoms in total. The molecule has 1 radical (unpaired) electrons. The zero-order valence-corrected chi connectivity index (χ0v) is 4.44. The highest BCUT2D eigenvalue weighted by Crippen LogP contribution is 1.79. The monoisotopic (exact) mass is 123 g/mol. The summed E-state index contributed by atoms with van der Waals surface area (Å²) in [5.74, 6) is 0. The third kappa shape index (κ3) is 1.02. The smallest absolute Gasteiger partial charge is 0.289 e. The Labute approximate surface area is 51.4 Å². The number of rotatable bonds is 1. The minimum Gasteiger partial charge on any atom is -0.710 e. The molecule has 0 aliphatic rings. The number of carbonyl (C=O) groups excluding carboxylic acids is 1. The molecule has 0 amide bonds. The fourth-order valence-electron chi connectivity index (χ4n) is 0.427. The van der Waals surface area contributed by atoms with Crippen molar-refractivity contribution in [2.75, 3.05) is 0 Å². The summed E-state index contributed by atoms with van der Waals surface area (Å²) in [6.07, 6.45) is 3.81. The van der Waals surface area contributed by atoms with E-state index in [-0.39, 0.29) is 5.69 Å². The van der Waals surface area contributed by atoms with E-state index in [1.165, 1.54) is 18.5 Å². The molecule has 1 aromatic heterocycles. The zero-order valence-electron chi connectivity index (χ0n) is 4.44. The quantitative estimate of drug-likeness (QED) is 0.362. The molecule has 0 saturated heterocycles. The third-order valence-corrected chi connectivity index (χ3v) is 0.832. The van der Waals surface area contributed by atoms with Gasteiger partial charge in [0.1, 0.15) is 6.20 Å². The van der Waals surface area contributed by atoms with Gasteiger partial charge in [0.25, 0.3) is 12.6 Å². The van der Waals surface area contributed by atoms with Crippen molar-refractivity contribution in [1.29, 1.82) is 0 Å². The molecule has 45 valence electrons. The SMILES string of the molecule is O=[C]c1ccnc[n+]1[O-]. The predicted octanol–water partition coefficient (Wildman–Crippen LogP) is -0.827. The van der Waals surface area contributed by atoms with E-state index < -0.39 is 0 Å². The van der Waals surface area contributed by atoms with E-state index in [1.54, 1.807) is 0 Å². The Balaban J connectivity index is 3.15. The highest BCUT2D eigenvalue weighted by Gasteiger charge is 1.96. The molecule has 0 aromatic carbocycles. The second-order valence-corrected chi connectivity index (χ2v) is 1.39. The van der Waals surface area contributed by atoms with Gasteiger partial charge in [-0.3, -0.25) is 4.79 Å². The summed E-state index contributed by atoms with van der Waals surface area (Å²) in [6, 6.07) is 1.29. The highest BCUT2D eigenvalue weighted by atomic mass is 16.5. The molecule has 9 heavy (non-hydrogen) atoms. The van der Waals surface area contributed by atoms with Gasteiger partial charge in [-0.1, -0.05) is 4.98 Å². The molecule has 4 heteroatoms. The first kappa shape index (κ1) is 5.68. The second kappa shape index (κ2) is 2.21. The molecule has 0 atom stereocenters. The summed E-state index contributed by atoms with van der Waals surface area (Å²) in [7, 11) is 0. The van der Waals surface area contributed by atoms with Crippen molar-refractivity contribution in [3.05, 3.63) is 29.5 Å². The first-order valence-electron chi connectivity index (χ1n) is 2.26. The molecule has 0 aliphatic heterocycles. The van der Waals surface area contributed by atoms with Crippen molar-refractivity contribution in [1.82, 2.24) is 4.98 Å². The highest BCUT2D eigenvalue weighted by molar-refractivity contribution is 5.69. The Morgan fingerprint density at radius 1 is 1.78 bits per heavy atom. The molecule has 1 aromatic rings. The van der Waals surface area contributed by atoms with Crippen LogP contribution in [0.2, 0.25) is 0 Å². The fraction of sp³-hybridized carbons (Fsp3) is 0. The standard InChI is InChI=1S/C5H3N2O2/c8-3-5-1-2-6-4-7(5)9/h1-2,4H. The maximum atomic E-state index is 10.4. The first-order chi connectivity index (χ1) is 4.34. The Morgan fingerprint density at radius 2 is 2.56 bits per heavy atom. The van der Waals surface area contributed by atoms with Gasteiger partial charge in [-0.15, -0.1) is 0 Å². The minimum absolute atomic E-state index is 0.0509. The van der Waals surface area contributed by atoms with Gasteiger partial charge in [-0.25, -0.2) is 4.73 Å². The van der Waals surface area contributed by atoms with Gasteiger partial charge in [0.2, 0.25) is 0 Å². The Morgan fingerprint density at radius 3 is 3.00 bits per heavy atom. The summed E-state index contributed by atoms with van der Waals surface area (Å²) in [5.41, 5.74) is -0.0509. The van der Waals surface area contributed by atoms with Gasteiger partial charge in [0.05, 0.1) is 0 Å². The van der Waals surface area contributed by atoms with Crippen LogP contribution in [0.4, 0.5) is 0 Å². The molecular weight excluding hydrogens is 120 g/mol. The molecule has 0 saturated carbocycles. The summed E-state index contributed by atoms with van der Waals surface area (Å²) in [4.78, 5) is 13.3. The van der Waals surface area contributed by atoms with Crippen molar-refractivity contribution in [3.8, 4) is 0 Å². The van der Waals surface area contributed by atoms with Crippen LogP contribution < -0.4 is 4.73 Å². The van der Waals surface area contributed by atoms with E-state index in [4.69, 9.17) is 0 Å². The molecule has 0 unspecified atom stereocenters. The predicted molar refractivity (Wildman–Crippen MR) is 28.0 cm³/mol. The molecular formula is C5H3N2O2. The molecule has 0 bridgehead atoms. The summed E-state index contributed by atoms with van der Waals surface area (Å²) in [6.45, 7) is 0. The number of hydrogen-bond donors (Lipinski definition) is 0. The van der Waals surface area contributed by atoms with Crippen LogP contribution in [0.3, 0.4) is 0 Å². The lowest BCUT2D eigenvalue weighted by Gasteiger charge is -1.97. The van der Waals surface area contributed by atoms with Gasteiger partial charge in [0.15, 0.2) is 5.69 Å². The van der Waals surface area contributed by atoms with E-state index in [9.17, 15) is 10.0 Å². The second-order valence-electron chi connectivity index (χ2n) is 1.39. The Kier molecular flexibility index (Phi) is 1.40. The van der Waals surface area contributed by atoms with Gasteiger partial charge in [-0.05, 0) is 0 Å². The van der Waals surface area contributed by atoms with Crippen molar-refractivity contribution in [3.63, 3.8) is 0 Å². The lowest BCUT2D eigenvalue weighted by Crippen LogP contribution is -2.31. The maximum absolute atomic E-state index is 10.4. The maximum Gasteiger partial charge on any atom is 0.289 e. The van der Waals surface area contributed by atoms with Crippen molar-refractivity contribution < 1.29 is 9.52 Å². The van der Waals surface area contributed by atoms with E-state index >= 15 is 0 Å². The van der Waals surface area contributed by atoms with Crippen LogP contribution in [0, 0.1) is 5.21 Å². The average molecular weight is 123 g/mol. The van der Waals surface area contributed by atoms with Crippen LogP contribution in [-0.4, -0.2) is 11.3 Å². The molecule has 1 rings (SSSR count). The Bertz CT molecular complexity index is 224. The van der Waals surface area contributed by atoms with E-state index in [0.717, 1.165) is 6.33 Å². The van der Waals surface area contributed by atoms with Crippen molar-refractivity contribution in [2.24, 2.45) is 0 Å². The van der Waals surface area contributed by atoms with Gasteiger partial charge < -0.3 is 5.21 Å². The van der Waals surface area contributed by atoms with E-state index in [1.807, 2.05) is 0 Å². The largest absolute Gasteiger partial charge is 0.710 e. The van der Waals surface area contributed by atoms with Crippen molar-refractivity contribution in [2.45, 2.75) is 0 Å². The summed E-state index contributed by atoms with van der Waals surface area (Å²) in [5, 5.41) is 10.4. The average Bonchev–Trinajstić information content (AvgIpc) is 1.89. The normalized spacial score (nSPS) is 8.89. The topological polar surface area (TPSA) is 56.9 Å². The van der Waals surface area contributed by atoms with Crippen LogP contribution >= 0.6 is 0 Å². The van der Waals surface area contributed by atoms with E-state index in [2.05, 4.69) is 4.98 Å². The van der Waals surface area contributed by atoms with Gasteiger partial charge >= 0.3 is 0 Å². The van der Waals surface area contributed by atoms with Crippen molar-refractivity contribution >= 4 is 6.29 Å². The zero-order chi connectivity index (χ0) is 6.69. The van der Waals surface area contributed by atoms with Crippen LogP contribution in [0.5, 0.6) is 0 Å². The van der Waals surface area contributed by atoms with Crippen LogP contribution in [0.15, 0.2) is 18.6 Å². The van der Waals surface area contributed by atoms with Gasteiger partial charge in [0, 0.05) is 6.07 Å². The molecule has 0 fully saturated rings. The van der Waals surface area contributed by atoms with E-state index in [0.29, 0.717) is 4.73 Å². The Hall–Kier alpha value is -1.45. The molecule has 1 heterocycles. The molecule has 0 N–H and O–H groups in total. The minimum atomic E-state index is -0.0509. The van der Waals surface area contributed by atoms with Crippen LogP contribution in [-0.2, 0) is 4.79 Å². The first-order valence-corrected chi connectivity index (χ1v) is 2.26. The van der Waals surface area contributed by atoms with Crippen LogP contribution in [0.1, 0.15) is 5.69 Å². The number of aromatic nitrogens is 2. The number of nitrogens with zero attached hydrogens (tertiary/aromatic N) is 2. The lowest BCUT2D eigenvalue weighted by molar-refractivity contribution is -0.610. The van der Waals surface area contributed by atoms with Crippen LogP contribution in [0.25, 0.3) is 0 Å². The van der Waals surface area contributed by atoms with Gasteiger partial charge in [-0.2, -0.15) is 0 Å². The summed E-state index contributed by atoms with van der Waals surface area (Å²) >= 11 is 0.